The van der Waals surface area contributed by atoms with E-state index in [0.29, 0.717) is 16.6 Å². The van der Waals surface area contributed by atoms with Gasteiger partial charge in [0.2, 0.25) is 0 Å². The molecule has 3 spiro atoms. The van der Waals surface area contributed by atoms with Crippen LogP contribution in [0.2, 0.25) is 0 Å². The number of hydrogen-bond acceptors (Lipinski definition) is 5. The summed E-state index contributed by atoms with van der Waals surface area (Å²) >= 11 is 0. The SMILES string of the molecule is CC(C)(O)CCC[C@H]1CC[C@@]2(CCCC(=O)C2)C1.CC(C)(O)CCC[C@H]1CC[C@@]2(CCCC3(C2)OCCO3)C1. The predicted octanol–water partition coefficient (Wildman–Crippen LogP) is 7.89. The van der Waals surface area contributed by atoms with Crippen LogP contribution in [-0.2, 0) is 14.3 Å². The first kappa shape index (κ1) is 31.4. The van der Waals surface area contributed by atoms with Gasteiger partial charge in [-0.1, -0.05) is 25.7 Å². The second kappa shape index (κ2) is 12.8. The highest BCUT2D eigenvalue weighted by molar-refractivity contribution is 5.79. The highest BCUT2D eigenvalue weighted by atomic mass is 16.7. The van der Waals surface area contributed by atoms with Gasteiger partial charge in [0, 0.05) is 25.7 Å². The van der Waals surface area contributed by atoms with Gasteiger partial charge in [-0.15, -0.1) is 0 Å². The van der Waals surface area contributed by atoms with Crippen molar-refractivity contribution in [3.05, 3.63) is 0 Å². The molecule has 0 aromatic heterocycles. The molecule has 0 bridgehead atoms. The van der Waals surface area contributed by atoms with Crippen molar-refractivity contribution in [3.8, 4) is 0 Å². The van der Waals surface area contributed by atoms with E-state index in [9.17, 15) is 15.0 Å². The van der Waals surface area contributed by atoms with Crippen molar-refractivity contribution < 1.29 is 24.5 Å². The fraction of sp³-hybridized carbons (Fsp3) is 0.971. The lowest BCUT2D eigenvalue weighted by atomic mass is 9.69. The van der Waals surface area contributed by atoms with Crippen molar-refractivity contribution in [2.45, 2.75) is 173 Å². The largest absolute Gasteiger partial charge is 0.390 e. The van der Waals surface area contributed by atoms with Crippen LogP contribution in [0.1, 0.15) is 156 Å². The van der Waals surface area contributed by atoms with Crippen molar-refractivity contribution >= 4 is 5.78 Å². The topological polar surface area (TPSA) is 76.0 Å². The van der Waals surface area contributed by atoms with Crippen LogP contribution in [0.25, 0.3) is 0 Å². The molecule has 2 N–H and O–H groups in total. The maximum absolute atomic E-state index is 11.6. The van der Waals surface area contributed by atoms with Gasteiger partial charge in [-0.05, 0) is 127 Å². The van der Waals surface area contributed by atoms with Crippen LogP contribution in [0.15, 0.2) is 0 Å². The Morgan fingerprint density at radius 3 is 1.87 bits per heavy atom. The Hall–Kier alpha value is -0.490. The standard InChI is InChI=1S/C18H32O3.C16H28O2/c1-16(2,19)7-3-5-15-6-10-17(13-15)8-4-9-18(14-17)20-11-12-21-18;1-15(2,18)8-3-5-13-7-10-16(11-13)9-4-6-14(17)12-16/h15,19H,3-14H2,1-2H3;13,18H,3-12H2,1-2H3/t15-,17-;13-,16-/m00/s1. The van der Waals surface area contributed by atoms with Crippen LogP contribution in [0.5, 0.6) is 0 Å². The van der Waals surface area contributed by atoms with Gasteiger partial charge in [0.25, 0.3) is 0 Å². The van der Waals surface area contributed by atoms with E-state index in [1.54, 1.807) is 0 Å². The lowest BCUT2D eigenvalue weighted by molar-refractivity contribution is -0.201. The van der Waals surface area contributed by atoms with E-state index in [4.69, 9.17) is 9.47 Å². The van der Waals surface area contributed by atoms with Gasteiger partial charge in [0.1, 0.15) is 5.78 Å². The first-order valence-corrected chi connectivity index (χ1v) is 16.5. The number of Topliss-reactive ketones (excluding diaryl/α,β-unsaturated/α-hetero) is 1. The smallest absolute Gasteiger partial charge is 0.169 e. The zero-order valence-electron chi connectivity index (χ0n) is 25.8. The van der Waals surface area contributed by atoms with E-state index in [1.807, 2.05) is 27.7 Å². The molecule has 5 nitrogen and oxygen atoms in total. The monoisotopic (exact) mass is 548 g/mol. The van der Waals surface area contributed by atoms with Crippen LogP contribution < -0.4 is 0 Å². The first-order valence-electron chi connectivity index (χ1n) is 16.5. The molecule has 0 radical (unpaired) electrons. The summed E-state index contributed by atoms with van der Waals surface area (Å²) in [5, 5.41) is 19.6. The van der Waals surface area contributed by atoms with E-state index >= 15 is 0 Å². The molecule has 5 fully saturated rings. The Morgan fingerprint density at radius 2 is 1.31 bits per heavy atom. The highest BCUT2D eigenvalue weighted by Crippen LogP contribution is 2.56. The minimum Gasteiger partial charge on any atom is -0.390 e. The van der Waals surface area contributed by atoms with Gasteiger partial charge < -0.3 is 19.7 Å². The molecule has 1 heterocycles. The molecule has 5 aliphatic rings. The second-order valence-electron chi connectivity index (χ2n) is 15.8. The molecule has 4 aliphatic carbocycles. The Bertz CT molecular complexity index is 788. The number of hydrogen-bond donors (Lipinski definition) is 2. The van der Waals surface area contributed by atoms with Crippen LogP contribution in [0.4, 0.5) is 0 Å². The van der Waals surface area contributed by atoms with Gasteiger partial charge in [-0.3, -0.25) is 4.79 Å². The van der Waals surface area contributed by atoms with Crippen molar-refractivity contribution in [2.75, 3.05) is 13.2 Å². The third-order valence-corrected chi connectivity index (χ3v) is 10.9. The molecule has 0 unspecified atom stereocenters. The summed E-state index contributed by atoms with van der Waals surface area (Å²) in [7, 11) is 0. The maximum Gasteiger partial charge on any atom is 0.169 e. The molecular formula is C34H60O5. The fourth-order valence-corrected chi connectivity index (χ4v) is 9.05. The van der Waals surface area contributed by atoms with Crippen LogP contribution >= 0.6 is 0 Å². The summed E-state index contributed by atoms with van der Waals surface area (Å²) in [6.07, 6.45) is 23.5. The number of rotatable bonds is 8. The predicted molar refractivity (Wildman–Crippen MR) is 156 cm³/mol. The minimum atomic E-state index is -0.517. The summed E-state index contributed by atoms with van der Waals surface area (Å²) in [5.74, 6) is 1.93. The quantitative estimate of drug-likeness (QED) is 0.322. The zero-order valence-corrected chi connectivity index (χ0v) is 25.8. The Kier molecular flexibility index (Phi) is 10.3. The number of aliphatic hydroxyl groups is 2. The average Bonchev–Trinajstić information content (AvgIpc) is 3.53. The van der Waals surface area contributed by atoms with Crippen molar-refractivity contribution in [1.29, 1.82) is 0 Å². The van der Waals surface area contributed by atoms with Crippen molar-refractivity contribution in [3.63, 3.8) is 0 Å². The summed E-state index contributed by atoms with van der Waals surface area (Å²) in [6, 6.07) is 0. The molecule has 1 aliphatic heterocycles. The number of ketones is 1. The lowest BCUT2D eigenvalue weighted by Crippen LogP contribution is -2.41. The molecule has 226 valence electrons. The molecule has 1 saturated heterocycles. The van der Waals surface area contributed by atoms with E-state index < -0.39 is 11.2 Å². The second-order valence-corrected chi connectivity index (χ2v) is 15.8. The Balaban J connectivity index is 0.000000183. The van der Waals surface area contributed by atoms with Gasteiger partial charge >= 0.3 is 0 Å². The minimum absolute atomic E-state index is 0.222. The highest BCUT2D eigenvalue weighted by Gasteiger charge is 2.51. The lowest BCUT2D eigenvalue weighted by Gasteiger charge is -2.43. The summed E-state index contributed by atoms with van der Waals surface area (Å²) in [4.78, 5) is 11.6. The van der Waals surface area contributed by atoms with Gasteiger partial charge in [0.15, 0.2) is 5.79 Å². The molecule has 0 aromatic carbocycles. The van der Waals surface area contributed by atoms with Crippen molar-refractivity contribution in [2.24, 2.45) is 22.7 Å². The van der Waals surface area contributed by atoms with Gasteiger partial charge in [0.05, 0.1) is 24.4 Å². The van der Waals surface area contributed by atoms with E-state index in [-0.39, 0.29) is 5.79 Å². The van der Waals surface area contributed by atoms with Crippen molar-refractivity contribution in [1.82, 2.24) is 0 Å². The summed E-state index contributed by atoms with van der Waals surface area (Å²) in [6.45, 7) is 9.19. The zero-order chi connectivity index (χ0) is 28.2. The molecule has 4 atom stereocenters. The third-order valence-electron chi connectivity index (χ3n) is 10.9. The van der Waals surface area contributed by atoms with Crippen LogP contribution in [-0.4, -0.2) is 46.2 Å². The molecular weight excluding hydrogens is 488 g/mol. The molecule has 0 amide bonds. The number of carbonyl (C=O) groups is 1. The molecule has 5 heteroatoms. The third kappa shape index (κ3) is 9.51. The van der Waals surface area contributed by atoms with E-state index in [0.717, 1.165) is 82.8 Å². The molecule has 39 heavy (non-hydrogen) atoms. The normalized spacial score (nSPS) is 34.7. The van der Waals surface area contributed by atoms with E-state index in [2.05, 4.69) is 0 Å². The molecule has 0 aromatic rings. The maximum atomic E-state index is 11.6. The van der Waals surface area contributed by atoms with Gasteiger partial charge in [-0.25, -0.2) is 0 Å². The average molecular weight is 549 g/mol. The summed E-state index contributed by atoms with van der Waals surface area (Å²) in [5.41, 5.74) is -0.148. The summed E-state index contributed by atoms with van der Waals surface area (Å²) < 4.78 is 11.9. The number of ether oxygens (including phenoxy) is 2. The van der Waals surface area contributed by atoms with Crippen LogP contribution in [0.3, 0.4) is 0 Å². The Morgan fingerprint density at radius 1 is 0.769 bits per heavy atom. The fourth-order valence-electron chi connectivity index (χ4n) is 9.05. The molecule has 4 saturated carbocycles. The van der Waals surface area contributed by atoms with E-state index in [1.165, 1.54) is 70.6 Å². The first-order chi connectivity index (χ1) is 18.3. The van der Waals surface area contributed by atoms with Gasteiger partial charge in [-0.2, -0.15) is 0 Å². The number of carbonyl (C=O) groups excluding carboxylic acids is 1. The Labute approximate surface area is 239 Å². The van der Waals surface area contributed by atoms with Crippen LogP contribution in [0, 0.1) is 22.7 Å². The molecule has 5 rings (SSSR count).